The molecule has 1 amide bonds. The molecular weight excluding hydrogens is 228 g/mol. The number of anilines is 1. The van der Waals surface area contributed by atoms with Crippen molar-refractivity contribution < 1.29 is 9.53 Å². The number of hydrogen-bond donors (Lipinski definition) is 0. The molecule has 94 valence electrons. The van der Waals surface area contributed by atoms with E-state index in [1.165, 1.54) is 0 Å². The molecule has 4 heteroatoms. The molecule has 1 aliphatic rings. The molecule has 0 spiro atoms. The minimum Gasteiger partial charge on any atom is -0.428 e. The summed E-state index contributed by atoms with van der Waals surface area (Å²) >= 11 is 0. The fourth-order valence-corrected chi connectivity index (χ4v) is 2.27. The van der Waals surface area contributed by atoms with Gasteiger partial charge in [0, 0.05) is 0 Å². The van der Waals surface area contributed by atoms with Crippen molar-refractivity contribution in [1.29, 1.82) is 5.26 Å². The van der Waals surface area contributed by atoms with Crippen LogP contribution < -0.4 is 4.90 Å². The van der Waals surface area contributed by atoms with Crippen LogP contribution in [0.2, 0.25) is 0 Å². The number of aryl methyl sites for hydroxylation is 2. The highest BCUT2D eigenvalue weighted by atomic mass is 16.6. The van der Waals surface area contributed by atoms with Crippen LogP contribution in [0, 0.1) is 11.3 Å². The summed E-state index contributed by atoms with van der Waals surface area (Å²) in [6, 6.07) is 8.02. The Morgan fingerprint density at radius 2 is 2.00 bits per heavy atom. The number of hydrogen-bond acceptors (Lipinski definition) is 3. The summed E-state index contributed by atoms with van der Waals surface area (Å²) in [4.78, 5) is 13.4. The molecule has 1 atom stereocenters. The van der Waals surface area contributed by atoms with Crippen LogP contribution in [0.4, 0.5) is 10.5 Å². The van der Waals surface area contributed by atoms with Crippen molar-refractivity contribution in [2.45, 2.75) is 32.8 Å². The lowest BCUT2D eigenvalue weighted by Gasteiger charge is -2.20. The van der Waals surface area contributed by atoms with Crippen LogP contribution in [0.1, 0.15) is 25.0 Å². The maximum atomic E-state index is 11.8. The van der Waals surface area contributed by atoms with Crippen molar-refractivity contribution in [3.63, 3.8) is 0 Å². The molecule has 2 rings (SSSR count). The van der Waals surface area contributed by atoms with E-state index in [1.807, 2.05) is 24.3 Å². The summed E-state index contributed by atoms with van der Waals surface area (Å²) in [5.74, 6) is 0. The molecule has 0 aromatic heterocycles. The quantitative estimate of drug-likeness (QED) is 0.821. The van der Waals surface area contributed by atoms with E-state index in [0.29, 0.717) is 6.54 Å². The third-order valence-corrected chi connectivity index (χ3v) is 3.19. The highest BCUT2D eigenvalue weighted by Crippen LogP contribution is 2.30. The first kappa shape index (κ1) is 12.4. The summed E-state index contributed by atoms with van der Waals surface area (Å²) in [6.07, 6.45) is 0.623. The van der Waals surface area contributed by atoms with Crippen LogP contribution in [0.15, 0.2) is 18.2 Å². The Kier molecular flexibility index (Phi) is 3.52. The van der Waals surface area contributed by atoms with Gasteiger partial charge in [-0.2, -0.15) is 5.26 Å². The van der Waals surface area contributed by atoms with Crippen molar-refractivity contribution in [3.8, 4) is 6.07 Å². The predicted octanol–water partition coefficient (Wildman–Crippen LogP) is 2.66. The number of rotatable bonds is 3. The second-order valence-corrected chi connectivity index (χ2v) is 4.24. The standard InChI is InChI=1S/C14H16N2O2/c1-3-10-6-5-7-11(4-2)13(10)16-9-12(8-15)18-14(16)17/h5-7,12H,3-4,9H2,1-2H3. The predicted molar refractivity (Wildman–Crippen MR) is 68.4 cm³/mol. The molecule has 1 aliphatic heterocycles. The van der Waals surface area contributed by atoms with E-state index in [9.17, 15) is 4.79 Å². The number of carbonyl (C=O) groups is 1. The third kappa shape index (κ3) is 2.04. The molecule has 0 radical (unpaired) electrons. The van der Waals surface area contributed by atoms with Gasteiger partial charge in [0.15, 0.2) is 0 Å². The van der Waals surface area contributed by atoms with Gasteiger partial charge in [0.25, 0.3) is 0 Å². The lowest BCUT2D eigenvalue weighted by Crippen LogP contribution is -2.26. The Hall–Kier alpha value is -2.02. The molecule has 0 saturated carbocycles. The minimum absolute atomic E-state index is 0.319. The van der Waals surface area contributed by atoms with Crippen molar-refractivity contribution >= 4 is 11.8 Å². The van der Waals surface area contributed by atoms with Gasteiger partial charge in [0.2, 0.25) is 6.10 Å². The van der Waals surface area contributed by atoms with Gasteiger partial charge in [0.1, 0.15) is 6.07 Å². The minimum atomic E-state index is -0.660. The Bertz CT molecular complexity index is 483. The summed E-state index contributed by atoms with van der Waals surface area (Å²) in [6.45, 7) is 4.43. The van der Waals surface area contributed by atoms with Crippen molar-refractivity contribution in [3.05, 3.63) is 29.3 Å². The smallest absolute Gasteiger partial charge is 0.415 e. The van der Waals surface area contributed by atoms with Crippen LogP contribution in [0.5, 0.6) is 0 Å². The number of nitriles is 1. The SMILES string of the molecule is CCc1cccc(CC)c1N1CC(C#N)OC1=O. The van der Waals surface area contributed by atoms with Crippen molar-refractivity contribution in [1.82, 2.24) is 0 Å². The van der Waals surface area contributed by atoms with Crippen molar-refractivity contribution in [2.24, 2.45) is 0 Å². The van der Waals surface area contributed by atoms with Crippen LogP contribution in [0.3, 0.4) is 0 Å². The maximum Gasteiger partial charge on any atom is 0.415 e. The summed E-state index contributed by atoms with van der Waals surface area (Å²) < 4.78 is 5.00. The number of ether oxygens (including phenoxy) is 1. The molecule has 1 fully saturated rings. The second-order valence-electron chi connectivity index (χ2n) is 4.24. The van der Waals surface area contributed by atoms with Gasteiger partial charge in [-0.25, -0.2) is 4.79 Å². The molecule has 1 aromatic rings. The van der Waals surface area contributed by atoms with E-state index in [2.05, 4.69) is 13.8 Å². The van der Waals surface area contributed by atoms with Gasteiger partial charge >= 0.3 is 6.09 Å². The number of para-hydroxylation sites is 1. The summed E-state index contributed by atoms with van der Waals surface area (Å²) in [5.41, 5.74) is 3.15. The fraction of sp³-hybridized carbons (Fsp3) is 0.429. The number of benzene rings is 1. The van der Waals surface area contributed by atoms with E-state index in [1.54, 1.807) is 4.90 Å². The van der Waals surface area contributed by atoms with Crippen molar-refractivity contribution in [2.75, 3.05) is 11.4 Å². The first-order valence-electron chi connectivity index (χ1n) is 6.19. The zero-order chi connectivity index (χ0) is 13.1. The van der Waals surface area contributed by atoms with Gasteiger partial charge in [0.05, 0.1) is 12.2 Å². The first-order valence-corrected chi connectivity index (χ1v) is 6.19. The monoisotopic (exact) mass is 244 g/mol. The van der Waals surface area contributed by atoms with E-state index in [0.717, 1.165) is 29.7 Å². The lowest BCUT2D eigenvalue weighted by atomic mass is 10.0. The molecule has 4 nitrogen and oxygen atoms in total. The second kappa shape index (κ2) is 5.09. The Balaban J connectivity index is 2.44. The Morgan fingerprint density at radius 3 is 2.44 bits per heavy atom. The number of cyclic esters (lactones) is 1. The van der Waals surface area contributed by atoms with Gasteiger partial charge in [-0.05, 0) is 24.0 Å². The molecule has 1 aromatic carbocycles. The number of nitrogens with zero attached hydrogens (tertiary/aromatic N) is 2. The van der Waals surface area contributed by atoms with E-state index < -0.39 is 12.2 Å². The van der Waals surface area contributed by atoms with E-state index in [-0.39, 0.29) is 0 Å². The van der Waals surface area contributed by atoms with Gasteiger partial charge in [-0.1, -0.05) is 32.0 Å². The largest absolute Gasteiger partial charge is 0.428 e. The molecule has 1 unspecified atom stereocenters. The average molecular weight is 244 g/mol. The summed E-state index contributed by atoms with van der Waals surface area (Å²) in [5, 5.41) is 8.85. The first-order chi connectivity index (χ1) is 8.71. The average Bonchev–Trinajstić information content (AvgIpc) is 2.78. The van der Waals surface area contributed by atoms with Crippen LogP contribution >= 0.6 is 0 Å². The fourth-order valence-electron chi connectivity index (χ4n) is 2.27. The van der Waals surface area contributed by atoms with Crippen LogP contribution in [-0.2, 0) is 17.6 Å². The van der Waals surface area contributed by atoms with Gasteiger partial charge < -0.3 is 4.74 Å². The molecule has 1 heterocycles. The molecule has 0 aliphatic carbocycles. The molecule has 18 heavy (non-hydrogen) atoms. The number of amides is 1. The Morgan fingerprint density at radius 1 is 1.39 bits per heavy atom. The highest BCUT2D eigenvalue weighted by molar-refractivity contribution is 5.92. The zero-order valence-corrected chi connectivity index (χ0v) is 10.6. The van der Waals surface area contributed by atoms with Crippen LogP contribution in [-0.4, -0.2) is 18.7 Å². The third-order valence-electron chi connectivity index (χ3n) is 3.19. The lowest BCUT2D eigenvalue weighted by molar-refractivity contribution is 0.162. The summed E-state index contributed by atoms with van der Waals surface area (Å²) in [7, 11) is 0. The molecule has 1 saturated heterocycles. The van der Waals surface area contributed by atoms with Gasteiger partial charge in [-0.15, -0.1) is 0 Å². The van der Waals surface area contributed by atoms with Crippen LogP contribution in [0.25, 0.3) is 0 Å². The van der Waals surface area contributed by atoms with Gasteiger partial charge in [-0.3, -0.25) is 4.90 Å². The van der Waals surface area contributed by atoms with E-state index in [4.69, 9.17) is 10.00 Å². The Labute approximate surface area is 107 Å². The zero-order valence-electron chi connectivity index (χ0n) is 10.6. The molecular formula is C14H16N2O2. The highest BCUT2D eigenvalue weighted by Gasteiger charge is 2.34. The normalized spacial score (nSPS) is 18.6. The topological polar surface area (TPSA) is 53.3 Å². The number of carbonyl (C=O) groups excluding carboxylic acids is 1. The molecule has 0 bridgehead atoms. The maximum absolute atomic E-state index is 11.8. The molecule has 0 N–H and O–H groups in total. The van der Waals surface area contributed by atoms with E-state index >= 15 is 0 Å².